The summed E-state index contributed by atoms with van der Waals surface area (Å²) in [6.07, 6.45) is 3.53. The topological polar surface area (TPSA) is 17.1 Å². The van der Waals surface area contributed by atoms with Crippen molar-refractivity contribution in [2.24, 2.45) is 0 Å². The molecule has 1 nitrogen and oxygen atoms in total. The summed E-state index contributed by atoms with van der Waals surface area (Å²) >= 11 is 3.23. The summed E-state index contributed by atoms with van der Waals surface area (Å²) in [5.41, 5.74) is 0. The molecule has 0 aromatic carbocycles. The maximum Gasteiger partial charge on any atom is 0.195 e. The van der Waals surface area contributed by atoms with Crippen LogP contribution in [-0.2, 0) is 0 Å². The SMILES string of the molecule is Cc1ccc(/C=C/C(=O)c2ccc(C)s2)s1. The minimum absolute atomic E-state index is 0.0872. The van der Waals surface area contributed by atoms with Gasteiger partial charge in [-0.3, -0.25) is 4.79 Å². The largest absolute Gasteiger partial charge is 0.288 e. The molecule has 0 unspecified atom stereocenters. The fourth-order valence-electron chi connectivity index (χ4n) is 1.35. The van der Waals surface area contributed by atoms with E-state index in [-0.39, 0.29) is 5.78 Å². The van der Waals surface area contributed by atoms with Gasteiger partial charge >= 0.3 is 0 Å². The van der Waals surface area contributed by atoms with E-state index in [1.54, 1.807) is 17.4 Å². The Bertz CT molecular complexity index is 532. The summed E-state index contributed by atoms with van der Waals surface area (Å²) in [5.74, 6) is 0.0872. The molecule has 0 aliphatic heterocycles. The molecule has 2 aromatic heterocycles. The van der Waals surface area contributed by atoms with Crippen LogP contribution in [0, 0.1) is 13.8 Å². The van der Waals surface area contributed by atoms with Crippen molar-refractivity contribution in [3.8, 4) is 0 Å². The summed E-state index contributed by atoms with van der Waals surface area (Å²) < 4.78 is 0. The number of hydrogen-bond donors (Lipinski definition) is 0. The van der Waals surface area contributed by atoms with Crippen molar-refractivity contribution in [2.45, 2.75) is 13.8 Å². The molecular weight excluding hydrogens is 236 g/mol. The van der Waals surface area contributed by atoms with Crippen LogP contribution in [0.15, 0.2) is 30.3 Å². The van der Waals surface area contributed by atoms with E-state index in [1.165, 1.54) is 21.1 Å². The van der Waals surface area contributed by atoms with Gasteiger partial charge in [-0.05, 0) is 50.3 Å². The minimum Gasteiger partial charge on any atom is -0.288 e. The fourth-order valence-corrected chi connectivity index (χ4v) is 2.92. The second-order valence-corrected chi connectivity index (χ2v) is 6.16. The Morgan fingerprint density at radius 2 is 1.75 bits per heavy atom. The van der Waals surface area contributed by atoms with E-state index in [9.17, 15) is 4.79 Å². The van der Waals surface area contributed by atoms with Gasteiger partial charge in [0.15, 0.2) is 5.78 Å². The lowest BCUT2D eigenvalue weighted by molar-refractivity contribution is 0.105. The monoisotopic (exact) mass is 248 g/mol. The average molecular weight is 248 g/mol. The predicted molar refractivity (Wildman–Crippen MR) is 71.5 cm³/mol. The van der Waals surface area contributed by atoms with Gasteiger partial charge in [-0.15, -0.1) is 22.7 Å². The van der Waals surface area contributed by atoms with Crippen molar-refractivity contribution < 1.29 is 4.79 Å². The van der Waals surface area contributed by atoms with Crippen molar-refractivity contribution in [2.75, 3.05) is 0 Å². The molecule has 2 heterocycles. The van der Waals surface area contributed by atoms with Crippen molar-refractivity contribution >= 4 is 34.5 Å². The van der Waals surface area contributed by atoms with Crippen molar-refractivity contribution in [1.82, 2.24) is 0 Å². The number of aryl methyl sites for hydroxylation is 2. The van der Waals surface area contributed by atoms with Crippen LogP contribution < -0.4 is 0 Å². The first-order valence-electron chi connectivity index (χ1n) is 5.00. The molecule has 0 atom stereocenters. The number of allylic oxidation sites excluding steroid dienone is 1. The molecule has 0 amide bonds. The molecule has 0 aliphatic rings. The normalized spacial score (nSPS) is 11.1. The molecule has 0 saturated heterocycles. The van der Waals surface area contributed by atoms with Crippen LogP contribution in [-0.4, -0.2) is 5.78 Å². The van der Waals surface area contributed by atoms with Crippen LogP contribution >= 0.6 is 22.7 Å². The third kappa shape index (κ3) is 2.68. The summed E-state index contributed by atoms with van der Waals surface area (Å²) in [6, 6.07) is 7.95. The molecule has 0 N–H and O–H groups in total. The number of ketones is 1. The summed E-state index contributed by atoms with van der Waals surface area (Å²) in [5, 5.41) is 0. The van der Waals surface area contributed by atoms with Crippen LogP contribution in [0.5, 0.6) is 0 Å². The van der Waals surface area contributed by atoms with Gasteiger partial charge in [-0.2, -0.15) is 0 Å². The van der Waals surface area contributed by atoms with E-state index < -0.39 is 0 Å². The molecule has 0 saturated carbocycles. The van der Waals surface area contributed by atoms with E-state index in [4.69, 9.17) is 0 Å². The Labute approximate surface area is 103 Å². The maximum absolute atomic E-state index is 11.8. The number of carbonyl (C=O) groups excluding carboxylic acids is 1. The Hall–Kier alpha value is -1.19. The Morgan fingerprint density at radius 3 is 2.31 bits per heavy atom. The Kier molecular flexibility index (Phi) is 3.36. The zero-order chi connectivity index (χ0) is 11.5. The molecule has 2 rings (SSSR count). The average Bonchev–Trinajstić information content (AvgIpc) is 2.84. The number of thiophene rings is 2. The second-order valence-electron chi connectivity index (χ2n) is 3.56. The van der Waals surface area contributed by atoms with Crippen LogP contribution in [0.3, 0.4) is 0 Å². The molecule has 0 radical (unpaired) electrons. The van der Waals surface area contributed by atoms with Crippen LogP contribution in [0.2, 0.25) is 0 Å². The Balaban J connectivity index is 2.10. The second kappa shape index (κ2) is 4.76. The van der Waals surface area contributed by atoms with Crippen LogP contribution in [0.4, 0.5) is 0 Å². The zero-order valence-electron chi connectivity index (χ0n) is 9.19. The van der Waals surface area contributed by atoms with Crippen LogP contribution in [0.1, 0.15) is 24.3 Å². The standard InChI is InChI=1S/C13H12OS2/c1-9-3-5-11(15-9)6-7-12(14)13-8-4-10(2)16-13/h3-8H,1-2H3/b7-6+. The van der Waals surface area contributed by atoms with Crippen molar-refractivity contribution in [3.63, 3.8) is 0 Å². The van der Waals surface area contributed by atoms with Gasteiger partial charge in [0.2, 0.25) is 0 Å². The van der Waals surface area contributed by atoms with Gasteiger partial charge in [-0.1, -0.05) is 0 Å². The third-order valence-corrected chi connectivity index (χ3v) is 4.12. The molecule has 2 aromatic rings. The maximum atomic E-state index is 11.8. The van der Waals surface area contributed by atoms with Crippen LogP contribution in [0.25, 0.3) is 6.08 Å². The van der Waals surface area contributed by atoms with Crippen molar-refractivity contribution in [1.29, 1.82) is 0 Å². The van der Waals surface area contributed by atoms with E-state index in [0.29, 0.717) is 0 Å². The van der Waals surface area contributed by atoms with Gasteiger partial charge in [0, 0.05) is 14.6 Å². The van der Waals surface area contributed by atoms with E-state index in [0.717, 1.165) is 9.75 Å². The lowest BCUT2D eigenvalue weighted by atomic mass is 10.3. The number of carbonyl (C=O) groups is 1. The first-order chi connectivity index (χ1) is 7.65. The summed E-state index contributed by atoms with van der Waals surface area (Å²) in [6.45, 7) is 4.07. The molecule has 3 heteroatoms. The van der Waals surface area contributed by atoms with Gasteiger partial charge in [0.1, 0.15) is 0 Å². The zero-order valence-corrected chi connectivity index (χ0v) is 10.8. The highest BCUT2D eigenvalue weighted by atomic mass is 32.1. The van der Waals surface area contributed by atoms with E-state index >= 15 is 0 Å². The quantitative estimate of drug-likeness (QED) is 0.584. The summed E-state index contributed by atoms with van der Waals surface area (Å²) in [7, 11) is 0. The smallest absolute Gasteiger partial charge is 0.195 e. The highest BCUT2D eigenvalue weighted by Gasteiger charge is 2.03. The molecule has 82 valence electrons. The third-order valence-electron chi connectivity index (χ3n) is 2.14. The van der Waals surface area contributed by atoms with Gasteiger partial charge in [-0.25, -0.2) is 0 Å². The number of rotatable bonds is 3. The summed E-state index contributed by atoms with van der Waals surface area (Å²) in [4.78, 5) is 16.1. The van der Waals surface area contributed by atoms with Gasteiger partial charge in [0.25, 0.3) is 0 Å². The predicted octanol–water partition coefficient (Wildman–Crippen LogP) is 4.32. The molecule has 0 fully saturated rings. The molecular formula is C13H12OS2. The van der Waals surface area contributed by atoms with Crippen molar-refractivity contribution in [3.05, 3.63) is 49.9 Å². The number of hydrogen-bond acceptors (Lipinski definition) is 3. The lowest BCUT2D eigenvalue weighted by Gasteiger charge is -1.87. The first-order valence-corrected chi connectivity index (χ1v) is 6.64. The fraction of sp³-hybridized carbons (Fsp3) is 0.154. The minimum atomic E-state index is 0.0872. The molecule has 0 bridgehead atoms. The first kappa shape index (κ1) is 11.3. The molecule has 16 heavy (non-hydrogen) atoms. The van der Waals surface area contributed by atoms with E-state index in [1.807, 2.05) is 31.2 Å². The van der Waals surface area contributed by atoms with Gasteiger partial charge < -0.3 is 0 Å². The van der Waals surface area contributed by atoms with E-state index in [2.05, 4.69) is 13.0 Å². The molecule has 0 spiro atoms. The highest BCUT2D eigenvalue weighted by Crippen LogP contribution is 2.19. The lowest BCUT2D eigenvalue weighted by Crippen LogP contribution is -1.87. The Morgan fingerprint density at radius 1 is 1.06 bits per heavy atom. The van der Waals surface area contributed by atoms with Gasteiger partial charge in [0.05, 0.1) is 4.88 Å². The molecule has 0 aliphatic carbocycles. The highest BCUT2D eigenvalue weighted by molar-refractivity contribution is 7.14.